The number of benzene rings is 2. The van der Waals surface area contributed by atoms with E-state index in [1.807, 2.05) is 0 Å². The van der Waals surface area contributed by atoms with E-state index in [2.05, 4.69) is 0 Å². The van der Waals surface area contributed by atoms with Gasteiger partial charge in [0.2, 0.25) is 6.10 Å². The first kappa shape index (κ1) is 15.2. The Hall–Kier alpha value is -1.75. The van der Waals surface area contributed by atoms with Crippen LogP contribution in [0.1, 0.15) is 17.2 Å². The molecule has 22 heavy (non-hydrogen) atoms. The van der Waals surface area contributed by atoms with E-state index in [-0.39, 0.29) is 5.70 Å². The van der Waals surface area contributed by atoms with Crippen LogP contribution in [0.25, 0.3) is 6.08 Å². The maximum absolute atomic E-state index is 11.4. The molecule has 0 amide bonds. The van der Waals surface area contributed by atoms with Crippen molar-refractivity contribution in [2.24, 2.45) is 0 Å². The molecule has 1 aliphatic heterocycles. The van der Waals surface area contributed by atoms with Crippen molar-refractivity contribution in [3.63, 3.8) is 0 Å². The first-order valence-corrected chi connectivity index (χ1v) is 7.37. The van der Waals surface area contributed by atoms with E-state index in [1.54, 1.807) is 36.4 Å². The van der Waals surface area contributed by atoms with E-state index in [0.717, 1.165) is 0 Å². The molecule has 2 aromatic carbocycles. The summed E-state index contributed by atoms with van der Waals surface area (Å²) in [6, 6.07) is 9.80. The summed E-state index contributed by atoms with van der Waals surface area (Å²) < 4.78 is 5.77. The van der Waals surface area contributed by atoms with Gasteiger partial charge in [-0.2, -0.15) is 0 Å². The van der Waals surface area contributed by atoms with E-state index < -0.39 is 11.0 Å². The predicted molar refractivity (Wildman–Crippen MR) is 86.3 cm³/mol. The number of halogens is 3. The van der Waals surface area contributed by atoms with Crippen LogP contribution < -0.4 is 4.74 Å². The molecule has 0 saturated heterocycles. The van der Waals surface area contributed by atoms with Gasteiger partial charge in [0.05, 0.1) is 4.92 Å². The zero-order valence-electron chi connectivity index (χ0n) is 10.9. The highest BCUT2D eigenvalue weighted by atomic mass is 35.5. The number of rotatable bonds is 2. The Kier molecular flexibility index (Phi) is 4.00. The molecule has 1 atom stereocenters. The van der Waals surface area contributed by atoms with Gasteiger partial charge in [0.1, 0.15) is 5.75 Å². The first-order chi connectivity index (χ1) is 10.5. The van der Waals surface area contributed by atoms with Gasteiger partial charge >= 0.3 is 0 Å². The molecule has 0 fully saturated rings. The van der Waals surface area contributed by atoms with Crippen molar-refractivity contribution in [3.05, 3.63) is 78.4 Å². The van der Waals surface area contributed by atoms with Gasteiger partial charge in [0, 0.05) is 32.3 Å². The third-order valence-electron chi connectivity index (χ3n) is 3.26. The van der Waals surface area contributed by atoms with Crippen LogP contribution in [-0.4, -0.2) is 4.92 Å². The van der Waals surface area contributed by atoms with Crippen molar-refractivity contribution in [3.8, 4) is 5.75 Å². The second-order valence-electron chi connectivity index (χ2n) is 4.64. The molecular weight excluding hydrogens is 349 g/mol. The molecule has 3 rings (SSSR count). The fourth-order valence-corrected chi connectivity index (χ4v) is 3.05. The Balaban J connectivity index is 2.18. The molecule has 0 radical (unpaired) electrons. The minimum absolute atomic E-state index is 0.148. The van der Waals surface area contributed by atoms with Gasteiger partial charge in [-0.15, -0.1) is 0 Å². The van der Waals surface area contributed by atoms with Gasteiger partial charge < -0.3 is 4.74 Å². The van der Waals surface area contributed by atoms with E-state index in [0.29, 0.717) is 31.9 Å². The topological polar surface area (TPSA) is 52.4 Å². The second kappa shape index (κ2) is 5.80. The van der Waals surface area contributed by atoms with E-state index in [1.165, 1.54) is 6.08 Å². The highest BCUT2D eigenvalue weighted by Crippen LogP contribution is 2.42. The van der Waals surface area contributed by atoms with Crippen molar-refractivity contribution >= 4 is 40.9 Å². The van der Waals surface area contributed by atoms with Crippen molar-refractivity contribution in [1.29, 1.82) is 0 Å². The van der Waals surface area contributed by atoms with Crippen LogP contribution in [0.5, 0.6) is 5.75 Å². The first-order valence-electron chi connectivity index (χ1n) is 6.23. The van der Waals surface area contributed by atoms with E-state index in [9.17, 15) is 10.1 Å². The lowest BCUT2D eigenvalue weighted by molar-refractivity contribution is -0.434. The quantitative estimate of drug-likeness (QED) is 0.535. The summed E-state index contributed by atoms with van der Waals surface area (Å²) in [6.45, 7) is 0. The molecule has 0 unspecified atom stereocenters. The number of hydrogen-bond donors (Lipinski definition) is 0. The Morgan fingerprint density at radius 1 is 1.09 bits per heavy atom. The molecule has 0 aliphatic carbocycles. The zero-order chi connectivity index (χ0) is 15.9. The summed E-state index contributed by atoms with van der Waals surface area (Å²) in [6.07, 6.45) is 0.444. The van der Waals surface area contributed by atoms with Crippen LogP contribution in [-0.2, 0) is 0 Å². The van der Waals surface area contributed by atoms with Crippen LogP contribution in [0, 0.1) is 10.1 Å². The predicted octanol–water partition coefficient (Wildman–Crippen LogP) is 5.40. The number of nitrogens with zero attached hydrogens (tertiary/aromatic N) is 1. The van der Waals surface area contributed by atoms with E-state index in [4.69, 9.17) is 39.5 Å². The summed E-state index contributed by atoms with van der Waals surface area (Å²) in [4.78, 5) is 10.9. The van der Waals surface area contributed by atoms with Crippen molar-refractivity contribution in [2.45, 2.75) is 6.10 Å². The molecule has 7 heteroatoms. The summed E-state index contributed by atoms with van der Waals surface area (Å²) in [5.41, 5.74) is 0.762. The van der Waals surface area contributed by atoms with Crippen LogP contribution in [0.2, 0.25) is 15.1 Å². The van der Waals surface area contributed by atoms with Crippen molar-refractivity contribution < 1.29 is 9.66 Å². The highest BCUT2D eigenvalue weighted by Gasteiger charge is 2.36. The molecule has 1 heterocycles. The third kappa shape index (κ3) is 2.65. The minimum Gasteiger partial charge on any atom is -0.474 e. The lowest BCUT2D eigenvalue weighted by Crippen LogP contribution is -2.20. The standard InChI is InChI=1S/C15H8Cl3NO3/c16-9-4-5-13-8(6-9)7-12(19(20)21)15(22-13)14-10(17)2-1-3-11(14)18/h1-7,15H/t15-/m0/s1. The summed E-state index contributed by atoms with van der Waals surface area (Å²) in [5.74, 6) is 0.482. The molecule has 0 saturated carbocycles. The number of hydrogen-bond acceptors (Lipinski definition) is 3. The van der Waals surface area contributed by atoms with Crippen LogP contribution in [0.4, 0.5) is 0 Å². The lowest BCUT2D eigenvalue weighted by Gasteiger charge is -2.24. The molecule has 4 nitrogen and oxygen atoms in total. The maximum Gasteiger partial charge on any atom is 0.291 e. The van der Waals surface area contributed by atoms with Crippen molar-refractivity contribution in [1.82, 2.24) is 0 Å². The summed E-state index contributed by atoms with van der Waals surface area (Å²) in [7, 11) is 0. The smallest absolute Gasteiger partial charge is 0.291 e. The Labute approximate surface area is 141 Å². The van der Waals surface area contributed by atoms with Gasteiger partial charge in [0.15, 0.2) is 0 Å². The second-order valence-corrected chi connectivity index (χ2v) is 5.89. The molecule has 0 N–H and O–H groups in total. The number of nitro groups is 1. The lowest BCUT2D eigenvalue weighted by atomic mass is 10.0. The largest absolute Gasteiger partial charge is 0.474 e. The molecule has 0 aromatic heterocycles. The maximum atomic E-state index is 11.4. The van der Waals surface area contributed by atoms with Gasteiger partial charge in [-0.3, -0.25) is 10.1 Å². The summed E-state index contributed by atoms with van der Waals surface area (Å²) in [5, 5.41) is 12.5. The Bertz CT molecular complexity index is 784. The van der Waals surface area contributed by atoms with Gasteiger partial charge in [0.25, 0.3) is 5.70 Å². The molecule has 0 spiro atoms. The fourth-order valence-electron chi connectivity index (χ4n) is 2.28. The highest BCUT2D eigenvalue weighted by molar-refractivity contribution is 6.36. The average molecular weight is 357 g/mol. The molecule has 112 valence electrons. The number of fused-ring (bicyclic) bond motifs is 1. The molecule has 1 aliphatic rings. The molecule has 2 aromatic rings. The minimum atomic E-state index is -0.982. The summed E-state index contributed by atoms with van der Waals surface area (Å²) >= 11 is 18.2. The SMILES string of the molecule is O=[N+]([O-])C1=Cc2cc(Cl)ccc2O[C@@H]1c1c(Cl)cccc1Cl. The number of ether oxygens (including phenoxy) is 1. The normalized spacial score (nSPS) is 16.5. The van der Waals surface area contributed by atoms with E-state index >= 15 is 0 Å². The molecular formula is C15H8Cl3NO3. The Morgan fingerprint density at radius 2 is 1.77 bits per heavy atom. The van der Waals surface area contributed by atoms with Gasteiger partial charge in [-0.25, -0.2) is 0 Å². The zero-order valence-corrected chi connectivity index (χ0v) is 13.2. The third-order valence-corrected chi connectivity index (χ3v) is 4.16. The van der Waals surface area contributed by atoms with Gasteiger partial charge in [-0.05, 0) is 30.3 Å². The average Bonchev–Trinajstić information content (AvgIpc) is 2.46. The fraction of sp³-hybridized carbons (Fsp3) is 0.0667. The van der Waals surface area contributed by atoms with Gasteiger partial charge in [-0.1, -0.05) is 40.9 Å². The van der Waals surface area contributed by atoms with Crippen LogP contribution in [0.15, 0.2) is 42.1 Å². The van der Waals surface area contributed by atoms with Crippen LogP contribution in [0.3, 0.4) is 0 Å². The monoisotopic (exact) mass is 355 g/mol. The van der Waals surface area contributed by atoms with Crippen molar-refractivity contribution in [2.75, 3.05) is 0 Å². The Morgan fingerprint density at radius 3 is 2.41 bits per heavy atom. The van der Waals surface area contributed by atoms with Crippen LogP contribution >= 0.6 is 34.8 Å². The molecule has 0 bridgehead atoms.